The van der Waals surface area contributed by atoms with Gasteiger partial charge in [-0.2, -0.15) is 0 Å². The number of piperidine rings is 1. The SMILES string of the molecule is COC(=O)[C@@H]1C[C@@]23C4=C(CC[C@@H]5CN6C[C@H](C)[C@@H](C[C@@H](OC(C)=O)[C@@]52COC(C)=O)[C@]63O)C(=O)C[C@@H]41. The molecular formula is C27H35NO8. The van der Waals surface area contributed by atoms with E-state index in [1.807, 2.05) is 0 Å². The van der Waals surface area contributed by atoms with Crippen molar-refractivity contribution in [3.05, 3.63) is 11.1 Å². The average Bonchev–Trinajstić information content (AvgIpc) is 3.38. The molecule has 1 N–H and O–H groups in total. The number of nitrogens with zero attached hydrogens (tertiary/aromatic N) is 1. The Morgan fingerprint density at radius 1 is 1.17 bits per heavy atom. The Hall–Kier alpha value is -2.26. The van der Waals surface area contributed by atoms with Crippen LogP contribution in [0.4, 0.5) is 0 Å². The number of hydrogen-bond donors (Lipinski definition) is 1. The molecule has 0 radical (unpaired) electrons. The molecule has 2 saturated carbocycles. The summed E-state index contributed by atoms with van der Waals surface area (Å²) >= 11 is 0. The van der Waals surface area contributed by atoms with Gasteiger partial charge >= 0.3 is 17.9 Å². The number of esters is 3. The van der Waals surface area contributed by atoms with Gasteiger partial charge in [-0.15, -0.1) is 0 Å². The average molecular weight is 502 g/mol. The molecule has 2 aliphatic heterocycles. The fourth-order valence-electron chi connectivity index (χ4n) is 9.88. The predicted molar refractivity (Wildman–Crippen MR) is 124 cm³/mol. The van der Waals surface area contributed by atoms with Crippen molar-refractivity contribution in [1.29, 1.82) is 0 Å². The summed E-state index contributed by atoms with van der Waals surface area (Å²) in [4.78, 5) is 53.4. The van der Waals surface area contributed by atoms with E-state index in [1.165, 1.54) is 21.0 Å². The summed E-state index contributed by atoms with van der Waals surface area (Å²) < 4.78 is 17.1. The molecule has 0 aromatic heterocycles. The third-order valence-electron chi connectivity index (χ3n) is 10.8. The van der Waals surface area contributed by atoms with Crippen LogP contribution in [-0.2, 0) is 33.4 Å². The zero-order chi connectivity index (χ0) is 25.8. The molecule has 0 aromatic rings. The summed E-state index contributed by atoms with van der Waals surface area (Å²) in [6.07, 6.45) is 1.53. The lowest BCUT2D eigenvalue weighted by molar-refractivity contribution is -0.334. The molecule has 0 amide bonds. The maximum Gasteiger partial charge on any atom is 0.309 e. The van der Waals surface area contributed by atoms with Crippen LogP contribution in [0.5, 0.6) is 0 Å². The lowest BCUT2D eigenvalue weighted by Crippen LogP contribution is -2.79. The molecule has 196 valence electrons. The molecule has 0 aromatic carbocycles. The molecular weight excluding hydrogens is 466 g/mol. The number of rotatable bonds is 4. The molecule has 6 rings (SSSR count). The molecule has 9 nitrogen and oxygen atoms in total. The van der Waals surface area contributed by atoms with E-state index >= 15 is 0 Å². The van der Waals surface area contributed by atoms with Crippen LogP contribution in [0.3, 0.4) is 0 Å². The first-order valence-electron chi connectivity index (χ1n) is 13.2. The highest BCUT2D eigenvalue weighted by Gasteiger charge is 2.85. The monoisotopic (exact) mass is 501 g/mol. The minimum Gasteiger partial charge on any atom is -0.469 e. The second-order valence-corrected chi connectivity index (χ2v) is 12.0. The van der Waals surface area contributed by atoms with Gasteiger partial charge in [0.1, 0.15) is 18.4 Å². The van der Waals surface area contributed by atoms with Crippen molar-refractivity contribution in [3.8, 4) is 0 Å². The topological polar surface area (TPSA) is 119 Å². The third-order valence-corrected chi connectivity index (χ3v) is 10.8. The van der Waals surface area contributed by atoms with E-state index in [0.29, 0.717) is 32.4 Å². The Morgan fingerprint density at radius 2 is 1.92 bits per heavy atom. The number of carbonyl (C=O) groups excluding carboxylic acids is 4. The molecule has 2 heterocycles. The van der Waals surface area contributed by atoms with Gasteiger partial charge in [0.25, 0.3) is 0 Å². The molecule has 4 fully saturated rings. The highest BCUT2D eigenvalue weighted by molar-refractivity contribution is 6.01. The lowest BCUT2D eigenvalue weighted by atomic mass is 9.41. The van der Waals surface area contributed by atoms with E-state index in [9.17, 15) is 24.3 Å². The minimum absolute atomic E-state index is 0.0271. The Labute approximate surface area is 210 Å². The zero-order valence-electron chi connectivity index (χ0n) is 21.4. The van der Waals surface area contributed by atoms with Crippen molar-refractivity contribution in [2.24, 2.45) is 40.4 Å². The summed E-state index contributed by atoms with van der Waals surface area (Å²) in [5.74, 6) is -2.43. The van der Waals surface area contributed by atoms with Crippen molar-refractivity contribution in [1.82, 2.24) is 4.90 Å². The molecule has 0 unspecified atom stereocenters. The van der Waals surface area contributed by atoms with Crippen LogP contribution in [0, 0.1) is 40.4 Å². The number of carbonyl (C=O) groups is 4. The Balaban J connectivity index is 1.69. The van der Waals surface area contributed by atoms with Gasteiger partial charge in [0, 0.05) is 50.6 Å². The summed E-state index contributed by atoms with van der Waals surface area (Å²) in [5, 5.41) is 13.0. The molecule has 2 saturated heterocycles. The predicted octanol–water partition coefficient (Wildman–Crippen LogP) is 1.62. The van der Waals surface area contributed by atoms with Crippen LogP contribution in [0.1, 0.15) is 52.9 Å². The second kappa shape index (κ2) is 7.63. The summed E-state index contributed by atoms with van der Waals surface area (Å²) in [6, 6.07) is 0. The molecule has 9 heteroatoms. The van der Waals surface area contributed by atoms with Gasteiger partial charge in [-0.3, -0.25) is 24.1 Å². The first kappa shape index (κ1) is 24.1. The van der Waals surface area contributed by atoms with E-state index in [-0.39, 0.29) is 48.9 Å². The van der Waals surface area contributed by atoms with Crippen LogP contribution >= 0.6 is 0 Å². The van der Waals surface area contributed by atoms with Crippen molar-refractivity contribution in [2.75, 3.05) is 26.8 Å². The number of hydrogen-bond acceptors (Lipinski definition) is 9. The van der Waals surface area contributed by atoms with Crippen LogP contribution in [-0.4, -0.2) is 72.3 Å². The molecule has 36 heavy (non-hydrogen) atoms. The molecule has 6 aliphatic rings. The number of ketones is 1. The van der Waals surface area contributed by atoms with Crippen molar-refractivity contribution in [2.45, 2.75) is 64.7 Å². The van der Waals surface area contributed by atoms with E-state index in [4.69, 9.17) is 14.2 Å². The standard InChI is InChI=1S/C27H35NO8/c1-13-10-28-11-16-5-6-17-21(31)7-18-19(24(32)34-4)9-26(23(17)18)25(16,12-35-14(2)29)22(36-15(3)30)8-20(13)27(26,28)33/h13,16,18-20,22,33H,5-12H2,1-4H3/t13-,16+,18+,19+,20+,22+,25+,26+,27+/m0/s1. The van der Waals surface area contributed by atoms with E-state index in [0.717, 1.165) is 11.1 Å². The van der Waals surface area contributed by atoms with Gasteiger partial charge < -0.3 is 19.3 Å². The van der Waals surface area contributed by atoms with E-state index < -0.39 is 46.5 Å². The lowest BCUT2D eigenvalue weighted by Gasteiger charge is -2.70. The molecule has 4 bridgehead atoms. The maximum absolute atomic E-state index is 13.4. The van der Waals surface area contributed by atoms with Gasteiger partial charge in [-0.25, -0.2) is 0 Å². The van der Waals surface area contributed by atoms with Gasteiger partial charge in [-0.05, 0) is 48.7 Å². The molecule has 9 atom stereocenters. The number of Topliss-reactive ketones (excluding diaryl/α,β-unsaturated/α-hetero) is 1. The van der Waals surface area contributed by atoms with Crippen molar-refractivity contribution < 1.29 is 38.5 Å². The third kappa shape index (κ3) is 2.58. The number of aliphatic hydroxyl groups is 1. The fraction of sp³-hybridized carbons (Fsp3) is 0.778. The van der Waals surface area contributed by atoms with Gasteiger partial charge in [0.2, 0.25) is 0 Å². The van der Waals surface area contributed by atoms with Crippen LogP contribution < -0.4 is 0 Å². The highest BCUT2D eigenvalue weighted by Crippen LogP contribution is 2.79. The second-order valence-electron chi connectivity index (χ2n) is 12.0. The Bertz CT molecular complexity index is 1100. The first-order chi connectivity index (χ1) is 17.0. The van der Waals surface area contributed by atoms with Crippen LogP contribution in [0.25, 0.3) is 0 Å². The zero-order valence-corrected chi connectivity index (χ0v) is 21.4. The first-order valence-corrected chi connectivity index (χ1v) is 13.2. The van der Waals surface area contributed by atoms with Crippen molar-refractivity contribution in [3.63, 3.8) is 0 Å². The Morgan fingerprint density at radius 3 is 2.58 bits per heavy atom. The van der Waals surface area contributed by atoms with Gasteiger partial charge in [0.15, 0.2) is 5.78 Å². The largest absolute Gasteiger partial charge is 0.469 e. The summed E-state index contributed by atoms with van der Waals surface area (Å²) in [5.41, 5.74) is -1.82. The number of allylic oxidation sites excluding steroid dienone is 1. The van der Waals surface area contributed by atoms with Crippen LogP contribution in [0.2, 0.25) is 0 Å². The molecule has 4 aliphatic carbocycles. The summed E-state index contributed by atoms with van der Waals surface area (Å²) in [7, 11) is 1.35. The Kier molecular flexibility index (Phi) is 5.11. The van der Waals surface area contributed by atoms with Gasteiger partial charge in [-0.1, -0.05) is 6.92 Å². The summed E-state index contributed by atoms with van der Waals surface area (Å²) in [6.45, 7) is 6.05. The molecule has 1 spiro atoms. The normalized spacial score (nSPS) is 46.3. The highest BCUT2D eigenvalue weighted by atomic mass is 16.6. The number of methoxy groups -OCH3 is 1. The van der Waals surface area contributed by atoms with E-state index in [2.05, 4.69) is 11.8 Å². The van der Waals surface area contributed by atoms with Crippen molar-refractivity contribution >= 4 is 23.7 Å². The van der Waals surface area contributed by atoms with Crippen LogP contribution in [0.15, 0.2) is 11.1 Å². The number of ether oxygens (including phenoxy) is 3. The fourth-order valence-corrected chi connectivity index (χ4v) is 9.88. The smallest absolute Gasteiger partial charge is 0.309 e. The van der Waals surface area contributed by atoms with Gasteiger partial charge in [0.05, 0.1) is 18.4 Å². The quantitative estimate of drug-likeness (QED) is 0.453. The maximum atomic E-state index is 13.4. The minimum atomic E-state index is -1.35. The van der Waals surface area contributed by atoms with E-state index in [1.54, 1.807) is 0 Å².